The number of hydrogen-bond donors (Lipinski definition) is 2. The van der Waals surface area contributed by atoms with Crippen molar-refractivity contribution in [3.05, 3.63) is 0 Å². The third kappa shape index (κ3) is 0.611. The molecular weight excluding hydrogens is 128 g/mol. The lowest BCUT2D eigenvalue weighted by Gasteiger charge is -2.59. The van der Waals surface area contributed by atoms with E-state index in [-0.39, 0.29) is 11.8 Å². The second kappa shape index (κ2) is 1.74. The summed E-state index contributed by atoms with van der Waals surface area (Å²) in [5.74, 6) is 0.394. The van der Waals surface area contributed by atoms with Gasteiger partial charge >= 0.3 is 0 Å². The Kier molecular flexibility index (Phi) is 1.40. The molecule has 0 spiro atoms. The largest absolute Gasteiger partial charge is 0.387 e. The van der Waals surface area contributed by atoms with Gasteiger partial charge in [0.2, 0.25) is 0 Å². The molecule has 2 N–H and O–H groups in total. The molecule has 0 aromatic carbocycles. The first-order valence-electron chi connectivity index (χ1n) is 3.76. The highest BCUT2D eigenvalue weighted by Gasteiger charge is 2.61. The Morgan fingerprint density at radius 2 is 1.10 bits per heavy atom. The molecular formula is C8H16O2. The van der Waals surface area contributed by atoms with Crippen molar-refractivity contribution in [2.45, 2.75) is 38.9 Å². The second-order valence-corrected chi connectivity index (χ2v) is 3.87. The first-order valence-corrected chi connectivity index (χ1v) is 3.76. The van der Waals surface area contributed by atoms with E-state index in [1.165, 1.54) is 0 Å². The van der Waals surface area contributed by atoms with Gasteiger partial charge in [-0.3, -0.25) is 0 Å². The lowest BCUT2D eigenvalue weighted by Crippen LogP contribution is -2.71. The monoisotopic (exact) mass is 144 g/mol. The van der Waals surface area contributed by atoms with Crippen LogP contribution in [-0.2, 0) is 0 Å². The molecule has 10 heavy (non-hydrogen) atoms. The normalized spacial score (nSPS) is 61.8. The Morgan fingerprint density at radius 3 is 1.20 bits per heavy atom. The molecule has 0 radical (unpaired) electrons. The standard InChI is InChI=1S/C8H16O2/c1-5-6(2)8(4,10)7(5,3)9/h5-6,9-10H,1-4H3. The third-order valence-corrected chi connectivity index (χ3v) is 3.55. The molecule has 0 saturated heterocycles. The zero-order valence-electron chi connectivity index (χ0n) is 7.05. The topological polar surface area (TPSA) is 40.5 Å². The van der Waals surface area contributed by atoms with Crippen LogP contribution < -0.4 is 0 Å². The number of rotatable bonds is 0. The van der Waals surface area contributed by atoms with Crippen molar-refractivity contribution >= 4 is 0 Å². The maximum absolute atomic E-state index is 9.63. The molecule has 1 aliphatic carbocycles. The van der Waals surface area contributed by atoms with Crippen molar-refractivity contribution in [1.82, 2.24) is 0 Å². The fourth-order valence-electron chi connectivity index (χ4n) is 1.80. The third-order valence-electron chi connectivity index (χ3n) is 3.55. The minimum absolute atomic E-state index is 0.197. The van der Waals surface area contributed by atoms with E-state index in [2.05, 4.69) is 0 Å². The summed E-state index contributed by atoms with van der Waals surface area (Å²) in [4.78, 5) is 0. The minimum Gasteiger partial charge on any atom is -0.387 e. The van der Waals surface area contributed by atoms with E-state index in [1.54, 1.807) is 13.8 Å². The van der Waals surface area contributed by atoms with E-state index in [9.17, 15) is 10.2 Å². The minimum atomic E-state index is -0.896. The van der Waals surface area contributed by atoms with Crippen molar-refractivity contribution in [3.63, 3.8) is 0 Å². The van der Waals surface area contributed by atoms with Gasteiger partial charge in [-0.05, 0) is 25.7 Å². The van der Waals surface area contributed by atoms with Crippen LogP contribution in [0.25, 0.3) is 0 Å². The molecule has 0 aliphatic heterocycles. The van der Waals surface area contributed by atoms with Gasteiger partial charge in [-0.1, -0.05) is 13.8 Å². The summed E-state index contributed by atoms with van der Waals surface area (Å²) < 4.78 is 0. The summed E-state index contributed by atoms with van der Waals surface area (Å²) in [5, 5.41) is 19.3. The fraction of sp³-hybridized carbons (Fsp3) is 1.00. The number of hydrogen-bond acceptors (Lipinski definition) is 2. The molecule has 1 aliphatic rings. The van der Waals surface area contributed by atoms with E-state index in [0.717, 1.165) is 0 Å². The van der Waals surface area contributed by atoms with Gasteiger partial charge in [-0.25, -0.2) is 0 Å². The Balaban J connectivity index is 2.82. The highest BCUT2D eigenvalue weighted by atomic mass is 16.4. The molecule has 1 fully saturated rings. The molecule has 4 atom stereocenters. The molecule has 4 unspecified atom stereocenters. The zero-order chi connectivity index (χ0) is 8.15. The lowest BCUT2D eigenvalue weighted by molar-refractivity contribution is -0.276. The van der Waals surface area contributed by atoms with Crippen LogP contribution in [0.5, 0.6) is 0 Å². The predicted octanol–water partition coefficient (Wildman–Crippen LogP) is 0.774. The van der Waals surface area contributed by atoms with Crippen LogP contribution in [-0.4, -0.2) is 21.4 Å². The van der Waals surface area contributed by atoms with Gasteiger partial charge in [0.15, 0.2) is 0 Å². The van der Waals surface area contributed by atoms with Gasteiger partial charge in [0.25, 0.3) is 0 Å². The van der Waals surface area contributed by atoms with Gasteiger partial charge in [-0.2, -0.15) is 0 Å². The van der Waals surface area contributed by atoms with E-state index in [4.69, 9.17) is 0 Å². The van der Waals surface area contributed by atoms with E-state index >= 15 is 0 Å². The molecule has 0 heterocycles. The number of aliphatic hydroxyl groups is 2. The fourth-order valence-corrected chi connectivity index (χ4v) is 1.80. The van der Waals surface area contributed by atoms with Crippen LogP contribution in [0.4, 0.5) is 0 Å². The van der Waals surface area contributed by atoms with Crippen molar-refractivity contribution < 1.29 is 10.2 Å². The maximum atomic E-state index is 9.63. The first kappa shape index (κ1) is 8.02. The average Bonchev–Trinajstić information content (AvgIpc) is 1.84. The van der Waals surface area contributed by atoms with Crippen molar-refractivity contribution in [2.24, 2.45) is 11.8 Å². The highest BCUT2D eigenvalue weighted by Crippen LogP contribution is 2.51. The summed E-state index contributed by atoms with van der Waals surface area (Å²) in [6, 6.07) is 0. The molecule has 0 amide bonds. The molecule has 1 saturated carbocycles. The lowest BCUT2D eigenvalue weighted by atomic mass is 9.53. The molecule has 0 bridgehead atoms. The van der Waals surface area contributed by atoms with Crippen LogP contribution in [0.1, 0.15) is 27.7 Å². The van der Waals surface area contributed by atoms with Crippen LogP contribution >= 0.6 is 0 Å². The summed E-state index contributed by atoms with van der Waals surface area (Å²) in [6.45, 7) is 7.31. The zero-order valence-corrected chi connectivity index (χ0v) is 7.05. The molecule has 2 heteroatoms. The quantitative estimate of drug-likeness (QED) is 0.527. The summed E-state index contributed by atoms with van der Waals surface area (Å²) in [5.41, 5.74) is -1.79. The SMILES string of the molecule is CC1C(C)C(C)(O)C1(C)O. The average molecular weight is 144 g/mol. The van der Waals surface area contributed by atoms with Gasteiger partial charge in [0.1, 0.15) is 0 Å². The Labute approximate surface area is 61.9 Å². The van der Waals surface area contributed by atoms with Gasteiger partial charge in [-0.15, -0.1) is 0 Å². The Morgan fingerprint density at radius 1 is 0.900 bits per heavy atom. The Hall–Kier alpha value is -0.0800. The van der Waals surface area contributed by atoms with Crippen molar-refractivity contribution in [2.75, 3.05) is 0 Å². The first-order chi connectivity index (χ1) is 4.32. The molecule has 0 aromatic heterocycles. The van der Waals surface area contributed by atoms with Crippen molar-refractivity contribution in [3.8, 4) is 0 Å². The Bertz CT molecular complexity index is 131. The molecule has 2 nitrogen and oxygen atoms in total. The molecule has 0 aromatic rings. The highest BCUT2D eigenvalue weighted by molar-refractivity contribution is 5.12. The van der Waals surface area contributed by atoms with Gasteiger partial charge in [0.05, 0.1) is 11.2 Å². The second-order valence-electron chi connectivity index (χ2n) is 3.87. The molecule has 60 valence electrons. The van der Waals surface area contributed by atoms with Crippen LogP contribution in [0, 0.1) is 11.8 Å². The van der Waals surface area contributed by atoms with Crippen LogP contribution in [0.15, 0.2) is 0 Å². The summed E-state index contributed by atoms with van der Waals surface area (Å²) >= 11 is 0. The van der Waals surface area contributed by atoms with Crippen LogP contribution in [0.3, 0.4) is 0 Å². The van der Waals surface area contributed by atoms with Gasteiger partial charge < -0.3 is 10.2 Å². The van der Waals surface area contributed by atoms with Gasteiger partial charge in [0, 0.05) is 0 Å². The van der Waals surface area contributed by atoms with Crippen LogP contribution in [0.2, 0.25) is 0 Å². The summed E-state index contributed by atoms with van der Waals surface area (Å²) in [7, 11) is 0. The van der Waals surface area contributed by atoms with E-state index in [0.29, 0.717) is 0 Å². The van der Waals surface area contributed by atoms with E-state index in [1.807, 2.05) is 13.8 Å². The maximum Gasteiger partial charge on any atom is 0.0934 e. The van der Waals surface area contributed by atoms with Crippen molar-refractivity contribution in [1.29, 1.82) is 0 Å². The smallest absolute Gasteiger partial charge is 0.0934 e. The molecule has 1 rings (SSSR count). The summed E-state index contributed by atoms with van der Waals surface area (Å²) in [6.07, 6.45) is 0. The van der Waals surface area contributed by atoms with E-state index < -0.39 is 11.2 Å². The predicted molar refractivity (Wildman–Crippen MR) is 39.6 cm³/mol.